The van der Waals surface area contributed by atoms with Crippen LogP contribution in [0.15, 0.2) is 18.2 Å². The first-order chi connectivity index (χ1) is 10.9. The van der Waals surface area contributed by atoms with Gasteiger partial charge in [0.25, 0.3) is 5.91 Å². The van der Waals surface area contributed by atoms with E-state index in [1.165, 1.54) is 17.0 Å². The number of amides is 1. The van der Waals surface area contributed by atoms with Crippen molar-refractivity contribution in [3.63, 3.8) is 0 Å². The second-order valence-corrected chi connectivity index (χ2v) is 6.04. The van der Waals surface area contributed by atoms with Crippen LogP contribution in [-0.4, -0.2) is 64.8 Å². The molecule has 1 saturated heterocycles. The van der Waals surface area contributed by atoms with Crippen LogP contribution in [0, 0.1) is 11.6 Å². The number of piperidine rings is 1. The normalized spacial score (nSPS) is 22.0. The minimum Gasteiger partial charge on any atom is -0.395 e. The second-order valence-electron chi connectivity index (χ2n) is 6.04. The van der Waals surface area contributed by atoms with Crippen molar-refractivity contribution in [1.82, 2.24) is 9.80 Å². The van der Waals surface area contributed by atoms with Crippen LogP contribution < -0.4 is 0 Å². The zero-order valence-corrected chi connectivity index (χ0v) is 13.1. The quantitative estimate of drug-likeness (QED) is 0.809. The number of rotatable bonds is 6. The van der Waals surface area contributed by atoms with E-state index in [1.54, 1.807) is 11.9 Å². The van der Waals surface area contributed by atoms with Gasteiger partial charge in [0.05, 0.1) is 6.61 Å². The second kappa shape index (κ2) is 7.33. The Labute approximate surface area is 134 Å². The molecule has 1 amide bonds. The van der Waals surface area contributed by atoms with Crippen molar-refractivity contribution < 1.29 is 23.8 Å². The topological polar surface area (TPSA) is 64.0 Å². The molecule has 0 aliphatic carbocycles. The molecule has 0 saturated carbocycles. The van der Waals surface area contributed by atoms with Gasteiger partial charge in [-0.25, -0.2) is 8.78 Å². The molecule has 1 aliphatic heterocycles. The third kappa shape index (κ3) is 4.04. The van der Waals surface area contributed by atoms with Gasteiger partial charge in [0.15, 0.2) is 17.2 Å². The lowest BCUT2D eigenvalue weighted by molar-refractivity contribution is -0.160. The van der Waals surface area contributed by atoms with Gasteiger partial charge in [0, 0.05) is 31.7 Å². The van der Waals surface area contributed by atoms with Gasteiger partial charge < -0.3 is 20.0 Å². The Morgan fingerprint density at radius 2 is 2.13 bits per heavy atom. The number of likely N-dealkylation sites (tertiary alicyclic amines) is 1. The first kappa shape index (κ1) is 17.8. The molecule has 2 rings (SSSR count). The summed E-state index contributed by atoms with van der Waals surface area (Å²) in [6, 6.07) is 3.84. The van der Waals surface area contributed by atoms with E-state index in [-0.39, 0.29) is 25.3 Å². The van der Waals surface area contributed by atoms with Crippen LogP contribution in [0.3, 0.4) is 0 Å². The van der Waals surface area contributed by atoms with E-state index >= 15 is 0 Å². The lowest BCUT2D eigenvalue weighted by Gasteiger charge is -2.40. The average Bonchev–Trinajstić information content (AvgIpc) is 2.49. The molecule has 7 heteroatoms. The molecule has 0 unspecified atom stereocenters. The highest BCUT2D eigenvalue weighted by molar-refractivity contribution is 5.86. The lowest BCUT2D eigenvalue weighted by atomic mass is 9.91. The van der Waals surface area contributed by atoms with Gasteiger partial charge in [-0.15, -0.1) is 0 Å². The molecule has 0 bridgehead atoms. The Balaban J connectivity index is 2.11. The van der Waals surface area contributed by atoms with E-state index in [1.807, 2.05) is 0 Å². The van der Waals surface area contributed by atoms with Crippen LogP contribution in [0.4, 0.5) is 8.78 Å². The van der Waals surface area contributed by atoms with Gasteiger partial charge in [-0.1, -0.05) is 12.1 Å². The van der Waals surface area contributed by atoms with Crippen LogP contribution in [0.5, 0.6) is 0 Å². The van der Waals surface area contributed by atoms with Crippen LogP contribution in [-0.2, 0) is 11.3 Å². The van der Waals surface area contributed by atoms with Gasteiger partial charge in [0.2, 0.25) is 0 Å². The fourth-order valence-electron chi connectivity index (χ4n) is 2.94. The Morgan fingerprint density at radius 1 is 1.39 bits per heavy atom. The van der Waals surface area contributed by atoms with Crippen molar-refractivity contribution in [3.05, 3.63) is 35.4 Å². The number of aliphatic hydroxyl groups is 2. The molecular formula is C16H22F2N2O3. The van der Waals surface area contributed by atoms with Crippen LogP contribution >= 0.6 is 0 Å². The summed E-state index contributed by atoms with van der Waals surface area (Å²) in [5.41, 5.74) is -1.47. The summed E-state index contributed by atoms with van der Waals surface area (Å²) >= 11 is 0. The van der Waals surface area contributed by atoms with E-state index < -0.39 is 23.1 Å². The first-order valence-corrected chi connectivity index (χ1v) is 7.61. The van der Waals surface area contributed by atoms with Gasteiger partial charge in [0.1, 0.15) is 0 Å². The Bertz CT molecular complexity index is 570. The van der Waals surface area contributed by atoms with Crippen molar-refractivity contribution in [2.24, 2.45) is 0 Å². The van der Waals surface area contributed by atoms with Crippen molar-refractivity contribution >= 4 is 5.91 Å². The third-order valence-corrected chi connectivity index (χ3v) is 4.11. The number of aliphatic hydroxyl groups excluding tert-OH is 1. The van der Waals surface area contributed by atoms with Gasteiger partial charge in [-0.2, -0.15) is 0 Å². The maximum Gasteiger partial charge on any atom is 0.256 e. The molecule has 0 spiro atoms. The fraction of sp³-hybridized carbons (Fsp3) is 0.562. The van der Waals surface area contributed by atoms with Gasteiger partial charge >= 0.3 is 0 Å². The van der Waals surface area contributed by atoms with Crippen molar-refractivity contribution in [1.29, 1.82) is 0 Å². The highest BCUT2D eigenvalue weighted by Crippen LogP contribution is 2.26. The largest absolute Gasteiger partial charge is 0.395 e. The number of hydrogen-bond acceptors (Lipinski definition) is 4. The number of hydrogen-bond donors (Lipinski definition) is 2. The van der Waals surface area contributed by atoms with E-state index in [9.17, 15) is 18.7 Å². The minimum atomic E-state index is -1.56. The van der Waals surface area contributed by atoms with Crippen molar-refractivity contribution in [2.45, 2.75) is 25.0 Å². The Kier molecular flexibility index (Phi) is 5.67. The van der Waals surface area contributed by atoms with Crippen LogP contribution in [0.2, 0.25) is 0 Å². The van der Waals surface area contributed by atoms with E-state index in [4.69, 9.17) is 5.11 Å². The predicted molar refractivity (Wildman–Crippen MR) is 80.5 cm³/mol. The molecule has 1 aromatic carbocycles. The molecule has 1 aliphatic rings. The maximum absolute atomic E-state index is 13.8. The summed E-state index contributed by atoms with van der Waals surface area (Å²) in [5, 5.41) is 19.6. The number of likely N-dealkylation sites (N-methyl/N-ethyl adjacent to an activating group) is 1. The molecule has 2 N–H and O–H groups in total. The Hall–Kier alpha value is -1.57. The standard InChI is InChI=1S/C16H22F2N2O3/c1-19(8-9-21)11-16(23)6-3-7-20(15(16)22)10-12-4-2-5-13(17)14(12)18/h2,4-5,21,23H,3,6-11H2,1H3/t16-/m0/s1. The summed E-state index contributed by atoms with van der Waals surface area (Å²) in [4.78, 5) is 15.6. The molecule has 23 heavy (non-hydrogen) atoms. The molecular weight excluding hydrogens is 306 g/mol. The lowest BCUT2D eigenvalue weighted by Crippen LogP contribution is -2.58. The summed E-state index contributed by atoms with van der Waals surface area (Å²) in [7, 11) is 1.70. The molecule has 5 nitrogen and oxygen atoms in total. The van der Waals surface area contributed by atoms with E-state index in [0.29, 0.717) is 25.9 Å². The molecule has 1 heterocycles. The van der Waals surface area contributed by atoms with Crippen molar-refractivity contribution in [2.75, 3.05) is 33.3 Å². The third-order valence-electron chi connectivity index (χ3n) is 4.11. The molecule has 1 aromatic rings. The van der Waals surface area contributed by atoms with Crippen molar-refractivity contribution in [3.8, 4) is 0 Å². The fourth-order valence-corrected chi connectivity index (χ4v) is 2.94. The summed E-state index contributed by atoms with van der Waals surface area (Å²) in [5.74, 6) is -2.41. The van der Waals surface area contributed by atoms with Crippen LogP contribution in [0.25, 0.3) is 0 Å². The highest BCUT2D eigenvalue weighted by atomic mass is 19.2. The number of carbonyl (C=O) groups is 1. The zero-order valence-electron chi connectivity index (χ0n) is 13.1. The maximum atomic E-state index is 13.8. The SMILES string of the molecule is CN(CCO)C[C@@]1(O)CCCN(Cc2cccc(F)c2F)C1=O. The molecule has 0 aromatic heterocycles. The minimum absolute atomic E-state index is 0.0704. The van der Waals surface area contributed by atoms with Gasteiger partial charge in [-0.3, -0.25) is 4.79 Å². The number of halogens is 2. The summed E-state index contributed by atoms with van der Waals surface area (Å²) < 4.78 is 27.1. The first-order valence-electron chi connectivity index (χ1n) is 7.61. The average molecular weight is 328 g/mol. The summed E-state index contributed by atoms with van der Waals surface area (Å²) in [6.45, 7) is 0.677. The highest BCUT2D eigenvalue weighted by Gasteiger charge is 2.42. The van der Waals surface area contributed by atoms with E-state index in [0.717, 1.165) is 6.07 Å². The number of carbonyl (C=O) groups excluding carboxylic acids is 1. The van der Waals surface area contributed by atoms with Crippen LogP contribution in [0.1, 0.15) is 18.4 Å². The molecule has 1 fully saturated rings. The number of benzene rings is 1. The summed E-state index contributed by atoms with van der Waals surface area (Å²) in [6.07, 6.45) is 0.885. The molecule has 128 valence electrons. The predicted octanol–water partition coefficient (Wildman–Crippen LogP) is 0.742. The number of nitrogens with zero attached hydrogens (tertiary/aromatic N) is 2. The molecule has 0 radical (unpaired) electrons. The van der Waals surface area contributed by atoms with E-state index in [2.05, 4.69) is 0 Å². The molecule has 1 atom stereocenters. The smallest absolute Gasteiger partial charge is 0.256 e. The van der Waals surface area contributed by atoms with Gasteiger partial charge in [-0.05, 0) is 26.0 Å². The zero-order chi connectivity index (χ0) is 17.0. The monoisotopic (exact) mass is 328 g/mol. The Morgan fingerprint density at radius 3 is 2.83 bits per heavy atom.